The van der Waals surface area contributed by atoms with Crippen LogP contribution in [-0.4, -0.2) is 5.11 Å². The van der Waals surface area contributed by atoms with Gasteiger partial charge in [0.05, 0.1) is 0 Å². The Morgan fingerprint density at radius 3 is 1.77 bits per heavy atom. The summed E-state index contributed by atoms with van der Waals surface area (Å²) >= 11 is 6.83. The van der Waals surface area contributed by atoms with Gasteiger partial charge in [-0.25, -0.2) is 0 Å². The van der Waals surface area contributed by atoms with Gasteiger partial charge in [-0.2, -0.15) is 0 Å². The molecule has 0 aliphatic heterocycles. The molecule has 0 spiro atoms. The fraction of sp³-hybridized carbons (Fsp3) is 0.0526. The topological polar surface area (TPSA) is 20.2 Å². The normalized spacial score (nSPS) is 12.3. The Bertz CT molecular complexity index is 723. The molecule has 2 aromatic rings. The van der Waals surface area contributed by atoms with Gasteiger partial charge in [-0.3, -0.25) is 0 Å². The first-order chi connectivity index (χ1) is 10.5. The Morgan fingerprint density at radius 1 is 0.864 bits per heavy atom. The summed E-state index contributed by atoms with van der Waals surface area (Å²) < 4.78 is 2.00. The van der Waals surface area contributed by atoms with Gasteiger partial charge in [0, 0.05) is 14.5 Å². The molecule has 0 aliphatic rings. The number of hydrogen-bond donors (Lipinski definition) is 1. The molecule has 0 fully saturated rings. The molecule has 0 saturated carbocycles. The van der Waals surface area contributed by atoms with Gasteiger partial charge < -0.3 is 5.11 Å². The van der Waals surface area contributed by atoms with Gasteiger partial charge in [-0.15, -0.1) is 0 Å². The van der Waals surface area contributed by atoms with Gasteiger partial charge in [-0.05, 0) is 48.4 Å². The maximum absolute atomic E-state index is 10.4. The number of hydrogen-bond acceptors (Lipinski definition) is 1. The van der Waals surface area contributed by atoms with Gasteiger partial charge in [0.1, 0.15) is 5.76 Å². The average molecular weight is 420 g/mol. The molecule has 0 atom stereocenters. The molecule has 112 valence electrons. The molecule has 0 heterocycles. The summed E-state index contributed by atoms with van der Waals surface area (Å²) in [6, 6.07) is 15.5. The Balaban J connectivity index is 2.42. The summed E-state index contributed by atoms with van der Waals surface area (Å²) in [7, 11) is 0. The third-order valence-electron chi connectivity index (χ3n) is 3.01. The Labute approximate surface area is 148 Å². The van der Waals surface area contributed by atoms with Crippen LogP contribution in [0.3, 0.4) is 0 Å². The molecule has 0 unspecified atom stereocenters. The SMILES string of the molecule is C=C(C)/C=C(\C=C(/O)c1ccc(Br)cc1)c1ccc(Br)cc1. The van der Waals surface area contributed by atoms with Crippen molar-refractivity contribution in [2.45, 2.75) is 6.92 Å². The van der Waals surface area contributed by atoms with E-state index in [0.717, 1.165) is 31.2 Å². The fourth-order valence-corrected chi connectivity index (χ4v) is 2.50. The van der Waals surface area contributed by atoms with E-state index in [1.165, 1.54) is 0 Å². The van der Waals surface area contributed by atoms with E-state index in [1.807, 2.05) is 61.5 Å². The first-order valence-corrected chi connectivity index (χ1v) is 8.34. The van der Waals surface area contributed by atoms with Crippen molar-refractivity contribution in [2.75, 3.05) is 0 Å². The number of allylic oxidation sites excluding steroid dienone is 4. The van der Waals surface area contributed by atoms with E-state index in [9.17, 15) is 5.11 Å². The maximum atomic E-state index is 10.4. The second kappa shape index (κ2) is 7.61. The van der Waals surface area contributed by atoms with Gasteiger partial charge in [0.15, 0.2) is 0 Å². The van der Waals surface area contributed by atoms with Crippen LogP contribution in [0.5, 0.6) is 0 Å². The largest absolute Gasteiger partial charge is 0.507 e. The minimum Gasteiger partial charge on any atom is -0.507 e. The Kier molecular flexibility index (Phi) is 5.81. The van der Waals surface area contributed by atoms with Crippen molar-refractivity contribution >= 4 is 43.2 Å². The van der Waals surface area contributed by atoms with Crippen molar-refractivity contribution in [3.05, 3.63) is 92.9 Å². The molecule has 0 amide bonds. The second-order valence-corrected chi connectivity index (χ2v) is 6.82. The monoisotopic (exact) mass is 418 g/mol. The molecule has 0 aliphatic carbocycles. The van der Waals surface area contributed by atoms with Crippen LogP contribution in [0, 0.1) is 0 Å². The highest BCUT2D eigenvalue weighted by Gasteiger charge is 2.04. The summed E-state index contributed by atoms with van der Waals surface area (Å²) in [6.45, 7) is 5.86. The summed E-state index contributed by atoms with van der Waals surface area (Å²) in [6.07, 6.45) is 3.72. The average Bonchev–Trinajstić information content (AvgIpc) is 2.47. The highest BCUT2D eigenvalue weighted by Crippen LogP contribution is 2.24. The van der Waals surface area contributed by atoms with Crippen molar-refractivity contribution in [3.8, 4) is 0 Å². The van der Waals surface area contributed by atoms with Crippen LogP contribution in [0.1, 0.15) is 18.1 Å². The third kappa shape index (κ3) is 4.72. The summed E-state index contributed by atoms with van der Waals surface area (Å²) in [4.78, 5) is 0. The summed E-state index contributed by atoms with van der Waals surface area (Å²) in [5.74, 6) is 0.225. The standard InChI is InChI=1S/C19H16Br2O/c1-13(2)11-16(14-3-7-17(20)8-4-14)12-19(22)15-5-9-18(21)10-6-15/h3-12,22H,1H2,2H3/b16-11+,19-12-. The Morgan fingerprint density at radius 2 is 1.32 bits per heavy atom. The van der Waals surface area contributed by atoms with Crippen molar-refractivity contribution in [1.29, 1.82) is 0 Å². The molecule has 0 aromatic heterocycles. The number of rotatable bonds is 4. The summed E-state index contributed by atoms with van der Waals surface area (Å²) in [5.41, 5.74) is 3.64. The minimum atomic E-state index is 0.225. The van der Waals surface area contributed by atoms with Crippen molar-refractivity contribution in [2.24, 2.45) is 0 Å². The van der Waals surface area contributed by atoms with Crippen LogP contribution in [0.4, 0.5) is 0 Å². The maximum Gasteiger partial charge on any atom is 0.123 e. The molecular weight excluding hydrogens is 404 g/mol. The van der Waals surface area contributed by atoms with E-state index in [-0.39, 0.29) is 5.76 Å². The highest BCUT2D eigenvalue weighted by molar-refractivity contribution is 9.10. The smallest absolute Gasteiger partial charge is 0.123 e. The molecule has 1 nitrogen and oxygen atoms in total. The molecule has 0 saturated heterocycles. The van der Waals surface area contributed by atoms with E-state index < -0.39 is 0 Å². The number of benzene rings is 2. The zero-order valence-electron chi connectivity index (χ0n) is 12.2. The lowest BCUT2D eigenvalue weighted by Crippen LogP contribution is -1.87. The van der Waals surface area contributed by atoms with E-state index in [1.54, 1.807) is 6.08 Å². The van der Waals surface area contributed by atoms with Gasteiger partial charge in [0.2, 0.25) is 0 Å². The zero-order chi connectivity index (χ0) is 16.1. The Hall–Kier alpha value is -1.58. The van der Waals surface area contributed by atoms with Crippen LogP contribution in [0.25, 0.3) is 11.3 Å². The number of aliphatic hydroxyl groups excluding tert-OH is 1. The van der Waals surface area contributed by atoms with E-state index in [4.69, 9.17) is 0 Å². The minimum absolute atomic E-state index is 0.225. The predicted octanol–water partition coefficient (Wildman–Crippen LogP) is 6.77. The first kappa shape index (κ1) is 16.8. The third-order valence-corrected chi connectivity index (χ3v) is 4.07. The first-order valence-electron chi connectivity index (χ1n) is 6.75. The number of halogens is 2. The van der Waals surface area contributed by atoms with Gasteiger partial charge in [-0.1, -0.05) is 74.4 Å². The lowest BCUT2D eigenvalue weighted by Gasteiger charge is -2.06. The molecular formula is C19H16Br2O. The van der Waals surface area contributed by atoms with Crippen molar-refractivity contribution < 1.29 is 5.11 Å². The van der Waals surface area contributed by atoms with E-state index in [0.29, 0.717) is 0 Å². The van der Waals surface area contributed by atoms with Crippen LogP contribution in [0.2, 0.25) is 0 Å². The lowest BCUT2D eigenvalue weighted by molar-refractivity contribution is 0.512. The molecule has 22 heavy (non-hydrogen) atoms. The second-order valence-electron chi connectivity index (χ2n) is 4.99. The van der Waals surface area contributed by atoms with Crippen molar-refractivity contribution in [1.82, 2.24) is 0 Å². The zero-order valence-corrected chi connectivity index (χ0v) is 15.4. The number of aliphatic hydroxyl groups is 1. The van der Waals surface area contributed by atoms with Crippen LogP contribution in [0.15, 0.2) is 81.8 Å². The fourth-order valence-electron chi connectivity index (χ4n) is 1.97. The summed E-state index contributed by atoms with van der Waals surface area (Å²) in [5, 5.41) is 10.4. The van der Waals surface area contributed by atoms with Crippen LogP contribution < -0.4 is 0 Å². The molecule has 2 aromatic carbocycles. The molecule has 1 N–H and O–H groups in total. The van der Waals surface area contributed by atoms with Crippen molar-refractivity contribution in [3.63, 3.8) is 0 Å². The van der Waals surface area contributed by atoms with E-state index >= 15 is 0 Å². The van der Waals surface area contributed by atoms with Gasteiger partial charge >= 0.3 is 0 Å². The predicted molar refractivity (Wildman–Crippen MR) is 102 cm³/mol. The molecule has 3 heteroatoms. The van der Waals surface area contributed by atoms with E-state index in [2.05, 4.69) is 38.4 Å². The van der Waals surface area contributed by atoms with Crippen LogP contribution in [-0.2, 0) is 0 Å². The highest BCUT2D eigenvalue weighted by atomic mass is 79.9. The van der Waals surface area contributed by atoms with Crippen LogP contribution >= 0.6 is 31.9 Å². The van der Waals surface area contributed by atoms with Gasteiger partial charge in [0.25, 0.3) is 0 Å². The quantitative estimate of drug-likeness (QED) is 0.428. The molecule has 2 rings (SSSR count). The lowest BCUT2D eigenvalue weighted by atomic mass is 10.0. The molecule has 0 bridgehead atoms. The molecule has 0 radical (unpaired) electrons.